The highest BCUT2D eigenvalue weighted by Gasteiger charge is 2.28. The molecule has 1 aliphatic carbocycles. The van der Waals surface area contributed by atoms with Gasteiger partial charge in [-0.1, -0.05) is 0 Å². The van der Waals surface area contributed by atoms with E-state index in [2.05, 4.69) is 16.3 Å². The molecule has 28 heavy (non-hydrogen) atoms. The molecule has 7 heteroatoms. The van der Waals surface area contributed by atoms with Gasteiger partial charge in [0, 0.05) is 37.3 Å². The average molecular weight is 377 g/mol. The summed E-state index contributed by atoms with van der Waals surface area (Å²) >= 11 is 0. The normalized spacial score (nSPS) is 16.6. The van der Waals surface area contributed by atoms with Gasteiger partial charge in [0.2, 0.25) is 11.8 Å². The number of aromatic nitrogens is 2. The van der Waals surface area contributed by atoms with Crippen molar-refractivity contribution in [1.82, 2.24) is 15.1 Å². The summed E-state index contributed by atoms with van der Waals surface area (Å²) in [4.78, 5) is 28.5. The van der Waals surface area contributed by atoms with Crippen LogP contribution >= 0.6 is 0 Å². The number of aromatic amines is 1. The quantitative estimate of drug-likeness (QED) is 0.881. The molecule has 0 spiro atoms. The van der Waals surface area contributed by atoms with Gasteiger partial charge in [0.25, 0.3) is 0 Å². The second-order valence-corrected chi connectivity index (χ2v) is 7.35. The van der Waals surface area contributed by atoms with Crippen LogP contribution in [0.2, 0.25) is 0 Å². The topological polar surface area (TPSA) is 93.1 Å². The number of benzene rings is 1. The molecule has 0 saturated carbocycles. The summed E-state index contributed by atoms with van der Waals surface area (Å²) in [6.07, 6.45) is 5.45. The number of anilines is 1. The number of hydrogen-bond acceptors (Lipinski definition) is 4. The highest BCUT2D eigenvalue weighted by molar-refractivity contribution is 5.98. The van der Waals surface area contributed by atoms with Crippen LogP contribution in [0.3, 0.4) is 0 Å². The molecule has 1 aromatic carbocycles. The van der Waals surface area contributed by atoms with E-state index in [4.69, 9.17) is 5.26 Å². The Kier molecular flexibility index (Phi) is 5.11. The lowest BCUT2D eigenvalue weighted by Crippen LogP contribution is -2.52. The molecule has 0 unspecified atom stereocenters. The van der Waals surface area contributed by atoms with Crippen LogP contribution < -0.4 is 4.90 Å². The van der Waals surface area contributed by atoms with E-state index in [0.717, 1.165) is 24.2 Å². The summed E-state index contributed by atoms with van der Waals surface area (Å²) < 4.78 is 0. The molecule has 2 amide bonds. The molecule has 1 N–H and O–H groups in total. The zero-order valence-corrected chi connectivity index (χ0v) is 15.8. The van der Waals surface area contributed by atoms with Crippen LogP contribution in [0.4, 0.5) is 5.69 Å². The Morgan fingerprint density at radius 2 is 1.96 bits per heavy atom. The number of nitriles is 1. The number of fused-ring (bicyclic) bond motifs is 1. The zero-order chi connectivity index (χ0) is 19.5. The summed E-state index contributed by atoms with van der Waals surface area (Å²) in [7, 11) is 0. The van der Waals surface area contributed by atoms with Crippen molar-refractivity contribution in [2.45, 2.75) is 38.5 Å². The molecule has 2 heterocycles. The maximum atomic E-state index is 12.6. The first-order valence-electron chi connectivity index (χ1n) is 9.79. The molecular weight excluding hydrogens is 354 g/mol. The lowest BCUT2D eigenvalue weighted by Gasteiger charge is -2.34. The summed E-state index contributed by atoms with van der Waals surface area (Å²) in [5.41, 5.74) is 4.84. The van der Waals surface area contributed by atoms with Crippen molar-refractivity contribution in [1.29, 1.82) is 5.26 Å². The Bertz CT molecular complexity index is 925. The van der Waals surface area contributed by atoms with Gasteiger partial charge in [-0.05, 0) is 55.5 Å². The van der Waals surface area contributed by atoms with Crippen molar-refractivity contribution >= 4 is 17.5 Å². The van der Waals surface area contributed by atoms with Crippen LogP contribution in [0.1, 0.15) is 41.8 Å². The van der Waals surface area contributed by atoms with Crippen LogP contribution in [-0.2, 0) is 28.9 Å². The zero-order valence-electron chi connectivity index (χ0n) is 15.8. The average Bonchev–Trinajstić information content (AvgIpc) is 3.15. The maximum Gasteiger partial charge on any atom is 0.246 e. The van der Waals surface area contributed by atoms with Gasteiger partial charge in [-0.3, -0.25) is 14.7 Å². The SMILES string of the molecule is N#Cc1ccc(N2CCN(C(=O)CCc3n[nH]c4c3CCCC4)CC2=O)cc1. The number of hydrogen-bond donors (Lipinski definition) is 1. The molecule has 2 aliphatic rings. The summed E-state index contributed by atoms with van der Waals surface area (Å²) in [5.74, 6) is -0.0955. The lowest BCUT2D eigenvalue weighted by molar-refractivity contribution is -0.136. The molecule has 1 aliphatic heterocycles. The Balaban J connectivity index is 1.33. The van der Waals surface area contributed by atoms with Gasteiger partial charge in [0.1, 0.15) is 6.54 Å². The number of piperazine rings is 1. The fourth-order valence-electron chi connectivity index (χ4n) is 4.01. The summed E-state index contributed by atoms with van der Waals surface area (Å²) in [5, 5.41) is 16.4. The van der Waals surface area contributed by atoms with E-state index in [1.807, 2.05) is 0 Å². The number of carbonyl (C=O) groups is 2. The van der Waals surface area contributed by atoms with Crippen LogP contribution in [0.15, 0.2) is 24.3 Å². The fourth-order valence-corrected chi connectivity index (χ4v) is 4.01. The molecule has 2 aromatic rings. The first kappa shape index (κ1) is 18.2. The van der Waals surface area contributed by atoms with Gasteiger partial charge in [0.05, 0.1) is 17.3 Å². The van der Waals surface area contributed by atoms with E-state index < -0.39 is 0 Å². The Morgan fingerprint density at radius 3 is 2.71 bits per heavy atom. The minimum absolute atomic E-state index is 0.000359. The fraction of sp³-hybridized carbons (Fsp3) is 0.429. The molecule has 0 radical (unpaired) electrons. The molecule has 0 bridgehead atoms. The van der Waals surface area contributed by atoms with E-state index in [-0.39, 0.29) is 18.4 Å². The van der Waals surface area contributed by atoms with Crippen molar-refractivity contribution in [2.75, 3.05) is 24.5 Å². The van der Waals surface area contributed by atoms with E-state index in [1.165, 1.54) is 24.1 Å². The highest BCUT2D eigenvalue weighted by Crippen LogP contribution is 2.23. The molecular formula is C21H23N5O2. The maximum absolute atomic E-state index is 12.6. The first-order chi connectivity index (χ1) is 13.7. The van der Waals surface area contributed by atoms with Crippen molar-refractivity contribution in [3.63, 3.8) is 0 Å². The van der Waals surface area contributed by atoms with E-state index in [0.29, 0.717) is 31.5 Å². The van der Waals surface area contributed by atoms with Crippen molar-refractivity contribution < 1.29 is 9.59 Å². The van der Waals surface area contributed by atoms with Gasteiger partial charge in [-0.2, -0.15) is 10.4 Å². The number of H-pyrrole nitrogens is 1. The number of nitrogens with one attached hydrogen (secondary N) is 1. The van der Waals surface area contributed by atoms with Gasteiger partial charge in [-0.15, -0.1) is 0 Å². The number of carbonyl (C=O) groups excluding carboxylic acids is 2. The predicted octanol–water partition coefficient (Wildman–Crippen LogP) is 1.97. The molecule has 144 valence electrons. The van der Waals surface area contributed by atoms with Gasteiger partial charge in [-0.25, -0.2) is 0 Å². The van der Waals surface area contributed by atoms with Crippen molar-refractivity contribution in [2.24, 2.45) is 0 Å². The number of aryl methyl sites for hydroxylation is 2. The van der Waals surface area contributed by atoms with Crippen LogP contribution in [0, 0.1) is 11.3 Å². The first-order valence-corrected chi connectivity index (χ1v) is 9.79. The molecule has 0 atom stereocenters. The lowest BCUT2D eigenvalue weighted by atomic mass is 9.94. The molecule has 7 nitrogen and oxygen atoms in total. The monoisotopic (exact) mass is 377 g/mol. The minimum atomic E-state index is -0.0959. The Labute approximate surface area is 163 Å². The molecule has 1 fully saturated rings. The van der Waals surface area contributed by atoms with Crippen molar-refractivity contribution in [3.8, 4) is 6.07 Å². The number of amides is 2. The second kappa shape index (κ2) is 7.85. The predicted molar refractivity (Wildman–Crippen MR) is 104 cm³/mol. The largest absolute Gasteiger partial charge is 0.332 e. The van der Waals surface area contributed by atoms with Crippen LogP contribution in [0.25, 0.3) is 0 Å². The van der Waals surface area contributed by atoms with Crippen LogP contribution in [-0.4, -0.2) is 46.5 Å². The Morgan fingerprint density at radius 1 is 1.18 bits per heavy atom. The second-order valence-electron chi connectivity index (χ2n) is 7.35. The molecule has 4 rings (SSSR count). The minimum Gasteiger partial charge on any atom is -0.332 e. The highest BCUT2D eigenvalue weighted by atomic mass is 16.2. The number of nitrogens with zero attached hydrogens (tertiary/aromatic N) is 4. The van der Waals surface area contributed by atoms with Crippen molar-refractivity contribution in [3.05, 3.63) is 46.8 Å². The van der Waals surface area contributed by atoms with Crippen LogP contribution in [0.5, 0.6) is 0 Å². The molecule has 1 saturated heterocycles. The van der Waals surface area contributed by atoms with E-state index in [9.17, 15) is 9.59 Å². The summed E-state index contributed by atoms with van der Waals surface area (Å²) in [6, 6.07) is 9.01. The van der Waals surface area contributed by atoms with E-state index in [1.54, 1.807) is 34.1 Å². The third kappa shape index (κ3) is 3.63. The van der Waals surface area contributed by atoms with Gasteiger partial charge in [0.15, 0.2) is 0 Å². The standard InChI is InChI=1S/C21H23N5O2/c22-13-15-5-7-16(8-6-15)26-12-11-25(14-21(26)28)20(27)10-9-19-17-3-1-2-4-18(17)23-24-19/h5-8H,1-4,9-12,14H2,(H,23,24). The summed E-state index contributed by atoms with van der Waals surface area (Å²) in [6.45, 7) is 1.08. The van der Waals surface area contributed by atoms with Gasteiger partial charge >= 0.3 is 0 Å². The van der Waals surface area contributed by atoms with Gasteiger partial charge < -0.3 is 9.80 Å². The third-order valence-corrected chi connectivity index (χ3v) is 5.60. The number of rotatable bonds is 4. The molecule has 1 aromatic heterocycles. The smallest absolute Gasteiger partial charge is 0.246 e. The third-order valence-electron chi connectivity index (χ3n) is 5.60. The van der Waals surface area contributed by atoms with E-state index >= 15 is 0 Å². The Hall–Kier alpha value is -3.14.